The lowest BCUT2D eigenvalue weighted by Crippen LogP contribution is -2.23. The average molecular weight is 262 g/mol. The monoisotopic (exact) mass is 261 g/mol. The van der Waals surface area contributed by atoms with Gasteiger partial charge in [0.25, 0.3) is 0 Å². The van der Waals surface area contributed by atoms with E-state index in [1.807, 2.05) is 6.07 Å². The molecule has 1 aromatic heterocycles. The van der Waals surface area contributed by atoms with Crippen LogP contribution in [0.4, 0.5) is 0 Å². The van der Waals surface area contributed by atoms with E-state index >= 15 is 0 Å². The van der Waals surface area contributed by atoms with Crippen LogP contribution < -0.4 is 5.32 Å². The Morgan fingerprint density at radius 1 is 1.38 bits per heavy atom. The first-order chi connectivity index (χ1) is 7.59. The molecule has 0 aliphatic heterocycles. The second kappa shape index (κ2) is 7.28. The van der Waals surface area contributed by atoms with Crippen molar-refractivity contribution in [1.29, 1.82) is 0 Å². The average Bonchev–Trinajstić information content (AvgIpc) is 2.63. The number of thiophene rings is 1. The largest absolute Gasteiger partial charge is 0.380 e. The molecule has 2 nitrogen and oxygen atoms in total. The maximum atomic E-state index is 5.89. The molecule has 0 bridgehead atoms. The zero-order chi connectivity index (χ0) is 12.0. The van der Waals surface area contributed by atoms with Crippen molar-refractivity contribution in [2.75, 3.05) is 19.8 Å². The van der Waals surface area contributed by atoms with E-state index in [2.05, 4.69) is 32.2 Å². The molecule has 0 aromatic carbocycles. The van der Waals surface area contributed by atoms with Gasteiger partial charge in [-0.15, -0.1) is 11.3 Å². The zero-order valence-electron chi connectivity index (χ0n) is 10.1. The summed E-state index contributed by atoms with van der Waals surface area (Å²) in [5.41, 5.74) is 0. The Bertz CT molecular complexity index is 301. The summed E-state index contributed by atoms with van der Waals surface area (Å²) in [5, 5.41) is 3.41. The van der Waals surface area contributed by atoms with Gasteiger partial charge >= 0.3 is 0 Å². The van der Waals surface area contributed by atoms with Crippen LogP contribution >= 0.6 is 22.9 Å². The van der Waals surface area contributed by atoms with Crippen LogP contribution in [0.1, 0.15) is 31.7 Å². The molecule has 0 amide bonds. The highest BCUT2D eigenvalue weighted by Crippen LogP contribution is 2.26. The molecule has 0 saturated heterocycles. The van der Waals surface area contributed by atoms with E-state index in [0.717, 1.165) is 24.1 Å². The van der Waals surface area contributed by atoms with Gasteiger partial charge in [-0.25, -0.2) is 0 Å². The van der Waals surface area contributed by atoms with Crippen LogP contribution in [0, 0.1) is 5.92 Å². The second-order valence-corrected chi connectivity index (χ2v) is 6.03. The van der Waals surface area contributed by atoms with Gasteiger partial charge in [0.1, 0.15) is 0 Å². The highest BCUT2D eigenvalue weighted by Gasteiger charge is 2.06. The first-order valence-corrected chi connectivity index (χ1v) is 6.85. The summed E-state index contributed by atoms with van der Waals surface area (Å²) in [6.07, 6.45) is 0. The summed E-state index contributed by atoms with van der Waals surface area (Å²) >= 11 is 7.52. The van der Waals surface area contributed by atoms with Crippen LogP contribution in [0.3, 0.4) is 0 Å². The van der Waals surface area contributed by atoms with E-state index in [9.17, 15) is 0 Å². The SMILES string of the molecule is CC(C)COCCNC(C)c1ccc(Cl)s1. The third-order valence-corrected chi connectivity index (χ3v) is 3.58. The molecule has 0 spiro atoms. The molecule has 1 unspecified atom stereocenters. The Balaban J connectivity index is 2.13. The number of hydrogen-bond acceptors (Lipinski definition) is 3. The first kappa shape index (κ1) is 14.0. The zero-order valence-corrected chi connectivity index (χ0v) is 11.7. The summed E-state index contributed by atoms with van der Waals surface area (Å²) in [5.74, 6) is 0.605. The van der Waals surface area contributed by atoms with E-state index in [1.165, 1.54) is 4.88 Å². The lowest BCUT2D eigenvalue weighted by molar-refractivity contribution is 0.110. The van der Waals surface area contributed by atoms with E-state index in [-0.39, 0.29) is 0 Å². The van der Waals surface area contributed by atoms with Crippen molar-refractivity contribution in [3.63, 3.8) is 0 Å². The number of hydrogen-bond donors (Lipinski definition) is 1. The molecule has 1 atom stereocenters. The molecule has 4 heteroatoms. The topological polar surface area (TPSA) is 21.3 Å². The standard InChI is InChI=1S/C12H20ClNOS/c1-9(2)8-15-7-6-14-10(3)11-4-5-12(13)16-11/h4-5,9-10,14H,6-8H2,1-3H3. The molecule has 92 valence electrons. The highest BCUT2D eigenvalue weighted by molar-refractivity contribution is 7.16. The molecular weight excluding hydrogens is 242 g/mol. The molecule has 0 saturated carbocycles. The number of rotatable bonds is 7. The minimum atomic E-state index is 0.347. The van der Waals surface area contributed by atoms with E-state index in [0.29, 0.717) is 12.0 Å². The Kier molecular flexibility index (Phi) is 6.36. The first-order valence-electron chi connectivity index (χ1n) is 5.66. The third kappa shape index (κ3) is 5.30. The van der Waals surface area contributed by atoms with Crippen molar-refractivity contribution >= 4 is 22.9 Å². The van der Waals surface area contributed by atoms with Gasteiger partial charge < -0.3 is 10.1 Å². The van der Waals surface area contributed by atoms with Gasteiger partial charge in [0.05, 0.1) is 10.9 Å². The lowest BCUT2D eigenvalue weighted by atomic mass is 10.2. The Hall–Kier alpha value is -0.0900. The quantitative estimate of drug-likeness (QED) is 0.756. The number of ether oxygens (including phenoxy) is 1. The maximum Gasteiger partial charge on any atom is 0.0931 e. The molecule has 0 aliphatic carbocycles. The molecular formula is C12H20ClNOS. The van der Waals surface area contributed by atoms with Crippen molar-refractivity contribution in [2.24, 2.45) is 5.92 Å². The van der Waals surface area contributed by atoms with Crippen molar-refractivity contribution in [3.05, 3.63) is 21.3 Å². The van der Waals surface area contributed by atoms with Crippen molar-refractivity contribution in [1.82, 2.24) is 5.32 Å². The van der Waals surface area contributed by atoms with Crippen molar-refractivity contribution in [3.8, 4) is 0 Å². The third-order valence-electron chi connectivity index (χ3n) is 2.17. The number of halogens is 1. The summed E-state index contributed by atoms with van der Waals surface area (Å²) < 4.78 is 6.35. The fraction of sp³-hybridized carbons (Fsp3) is 0.667. The molecule has 0 radical (unpaired) electrons. The lowest BCUT2D eigenvalue weighted by Gasteiger charge is -2.12. The van der Waals surface area contributed by atoms with Gasteiger partial charge in [0.2, 0.25) is 0 Å². The molecule has 1 aromatic rings. The summed E-state index contributed by atoms with van der Waals surface area (Å²) in [4.78, 5) is 1.27. The molecule has 1 N–H and O–H groups in total. The summed E-state index contributed by atoms with van der Waals surface area (Å²) in [6, 6.07) is 4.36. The normalized spacial score (nSPS) is 13.3. The minimum absolute atomic E-state index is 0.347. The fourth-order valence-corrected chi connectivity index (χ4v) is 2.42. The maximum absolute atomic E-state index is 5.89. The number of nitrogens with one attached hydrogen (secondary N) is 1. The van der Waals surface area contributed by atoms with Crippen LogP contribution in [-0.4, -0.2) is 19.8 Å². The smallest absolute Gasteiger partial charge is 0.0931 e. The van der Waals surface area contributed by atoms with E-state index in [4.69, 9.17) is 16.3 Å². The predicted octanol–water partition coefficient (Wildman–Crippen LogP) is 3.72. The van der Waals surface area contributed by atoms with Crippen LogP contribution in [-0.2, 0) is 4.74 Å². The minimum Gasteiger partial charge on any atom is -0.380 e. The summed E-state index contributed by atoms with van der Waals surface area (Å²) in [6.45, 7) is 8.93. The predicted molar refractivity (Wildman–Crippen MR) is 71.4 cm³/mol. The van der Waals surface area contributed by atoms with Gasteiger partial charge in [0.15, 0.2) is 0 Å². The van der Waals surface area contributed by atoms with Crippen LogP contribution in [0.25, 0.3) is 0 Å². The van der Waals surface area contributed by atoms with Gasteiger partial charge in [-0.2, -0.15) is 0 Å². The molecule has 16 heavy (non-hydrogen) atoms. The van der Waals surface area contributed by atoms with E-state index in [1.54, 1.807) is 11.3 Å². The molecule has 0 fully saturated rings. The summed E-state index contributed by atoms with van der Waals surface area (Å²) in [7, 11) is 0. The van der Waals surface area contributed by atoms with E-state index < -0.39 is 0 Å². The molecule has 1 heterocycles. The Labute approximate surface area is 107 Å². The molecule has 0 aliphatic rings. The van der Waals surface area contributed by atoms with Crippen LogP contribution in [0.2, 0.25) is 4.34 Å². The van der Waals surface area contributed by atoms with Crippen molar-refractivity contribution in [2.45, 2.75) is 26.8 Å². The van der Waals surface area contributed by atoms with Gasteiger partial charge in [-0.05, 0) is 25.0 Å². The van der Waals surface area contributed by atoms with Gasteiger partial charge in [-0.1, -0.05) is 25.4 Å². The Morgan fingerprint density at radius 3 is 2.69 bits per heavy atom. The van der Waals surface area contributed by atoms with Gasteiger partial charge in [-0.3, -0.25) is 0 Å². The van der Waals surface area contributed by atoms with Crippen molar-refractivity contribution < 1.29 is 4.74 Å². The Morgan fingerprint density at radius 2 is 2.12 bits per heavy atom. The fourth-order valence-electron chi connectivity index (χ4n) is 1.33. The van der Waals surface area contributed by atoms with Gasteiger partial charge in [0, 0.05) is 24.1 Å². The van der Waals surface area contributed by atoms with Crippen LogP contribution in [0.15, 0.2) is 12.1 Å². The molecule has 1 rings (SSSR count). The highest BCUT2D eigenvalue weighted by atomic mass is 35.5. The van der Waals surface area contributed by atoms with Crippen LogP contribution in [0.5, 0.6) is 0 Å². The second-order valence-electron chi connectivity index (χ2n) is 4.29.